The molecule has 0 aliphatic heterocycles. The summed E-state index contributed by atoms with van der Waals surface area (Å²) in [6, 6.07) is 11.7. The molecule has 1 heterocycles. The highest BCUT2D eigenvalue weighted by Gasteiger charge is 2.17. The highest BCUT2D eigenvalue weighted by molar-refractivity contribution is 7.89. The molecule has 0 amide bonds. The summed E-state index contributed by atoms with van der Waals surface area (Å²) in [6.45, 7) is 6.28. The van der Waals surface area contributed by atoms with Crippen LogP contribution in [-0.4, -0.2) is 23.6 Å². The third-order valence-corrected chi connectivity index (χ3v) is 5.37. The Morgan fingerprint density at radius 1 is 1.21 bits per heavy atom. The van der Waals surface area contributed by atoms with Gasteiger partial charge in [0.1, 0.15) is 0 Å². The van der Waals surface area contributed by atoms with E-state index in [2.05, 4.69) is 41.3 Å². The quantitative estimate of drug-likeness (QED) is 0.362. The van der Waals surface area contributed by atoms with Gasteiger partial charge in [-0.3, -0.25) is 0 Å². The lowest BCUT2D eigenvalue weighted by Gasteiger charge is -2.18. The molecule has 0 radical (unpaired) electrons. The first-order valence-electron chi connectivity index (χ1n) is 8.66. The number of anilines is 1. The molecule has 1 aromatic heterocycles. The lowest BCUT2D eigenvalue weighted by molar-refractivity contribution is 0.459. The van der Waals surface area contributed by atoms with Gasteiger partial charge in [0.15, 0.2) is 5.69 Å². The number of benzene rings is 2. The van der Waals surface area contributed by atoms with E-state index in [1.165, 1.54) is 18.2 Å². The van der Waals surface area contributed by atoms with Crippen LogP contribution in [0.2, 0.25) is 0 Å². The Morgan fingerprint density at radius 2 is 1.93 bits per heavy atom. The zero-order valence-corrected chi connectivity index (χ0v) is 17.7. The highest BCUT2D eigenvalue weighted by atomic mass is 32.2. The molecule has 8 nitrogen and oxygen atoms in total. The molecular weight excluding hydrogens is 410 g/mol. The van der Waals surface area contributed by atoms with Crippen LogP contribution in [0.15, 0.2) is 57.6 Å². The Balaban J connectivity index is 1.87. The lowest BCUT2D eigenvalue weighted by Crippen LogP contribution is -2.13. The summed E-state index contributed by atoms with van der Waals surface area (Å²) in [7, 11) is -3.83. The van der Waals surface area contributed by atoms with Gasteiger partial charge < -0.3 is 15.4 Å². The summed E-state index contributed by atoms with van der Waals surface area (Å²) in [6.07, 6.45) is 0. The summed E-state index contributed by atoms with van der Waals surface area (Å²) in [5, 5.41) is 26.9. The molecule has 0 atom stereocenters. The molecule has 3 aromatic rings. The Kier molecular flexibility index (Phi) is 5.44. The molecule has 0 spiro atoms. The first kappa shape index (κ1) is 20.9. The number of nitrogens with one attached hydrogen (secondary N) is 2. The van der Waals surface area contributed by atoms with Crippen molar-refractivity contribution in [1.29, 1.82) is 0 Å². The molecule has 152 valence electrons. The van der Waals surface area contributed by atoms with Gasteiger partial charge in [0.05, 0.1) is 10.4 Å². The van der Waals surface area contributed by atoms with Gasteiger partial charge in [-0.05, 0) is 53.5 Å². The maximum absolute atomic E-state index is 11.5. The normalized spacial score (nSPS) is 12.6. The van der Waals surface area contributed by atoms with Crippen molar-refractivity contribution in [3.63, 3.8) is 0 Å². The molecule has 3 rings (SSSR count). The van der Waals surface area contributed by atoms with Crippen molar-refractivity contribution >= 4 is 49.6 Å². The second-order valence-electron chi connectivity index (χ2n) is 7.54. The maximum Gasteiger partial charge on any atom is 0.238 e. The van der Waals surface area contributed by atoms with Crippen LogP contribution in [0.25, 0.3) is 10.9 Å². The minimum absolute atomic E-state index is 0.00250. The minimum Gasteiger partial charge on any atom is -0.493 e. The first-order chi connectivity index (χ1) is 13.4. The van der Waals surface area contributed by atoms with Gasteiger partial charge >= 0.3 is 0 Å². The Labute approximate surface area is 173 Å². The number of primary sulfonamides is 1. The number of aromatic nitrogens is 1. The van der Waals surface area contributed by atoms with E-state index >= 15 is 0 Å². The zero-order valence-electron chi connectivity index (χ0n) is 16.1. The number of fused-ring (bicyclic) bond motifs is 1. The van der Waals surface area contributed by atoms with E-state index in [0.29, 0.717) is 5.69 Å². The Bertz CT molecular complexity index is 1220. The molecule has 0 fully saturated rings. The largest absolute Gasteiger partial charge is 0.493 e. The van der Waals surface area contributed by atoms with Crippen LogP contribution in [-0.2, 0) is 15.4 Å². The smallest absolute Gasteiger partial charge is 0.238 e. The van der Waals surface area contributed by atoms with E-state index in [4.69, 9.17) is 17.4 Å². The number of nitrogens with two attached hydrogens (primary N) is 1. The molecule has 0 unspecified atom stereocenters. The molecule has 10 heteroatoms. The van der Waals surface area contributed by atoms with Crippen LogP contribution in [0.1, 0.15) is 26.3 Å². The van der Waals surface area contributed by atoms with Crippen LogP contribution in [0.5, 0.6) is 5.88 Å². The summed E-state index contributed by atoms with van der Waals surface area (Å²) in [5.41, 5.74) is 2.41. The predicted octanol–water partition coefficient (Wildman–Crippen LogP) is 4.30. The molecule has 5 N–H and O–H groups in total. The molecule has 0 bridgehead atoms. The fourth-order valence-electron chi connectivity index (χ4n) is 2.73. The first-order valence-corrected chi connectivity index (χ1v) is 10.6. The van der Waals surface area contributed by atoms with Crippen molar-refractivity contribution in [2.75, 3.05) is 5.32 Å². The Hall–Kier alpha value is -2.82. The van der Waals surface area contributed by atoms with Gasteiger partial charge in [0.25, 0.3) is 0 Å². The predicted molar refractivity (Wildman–Crippen MR) is 117 cm³/mol. The Morgan fingerprint density at radius 3 is 2.59 bits per heavy atom. The van der Waals surface area contributed by atoms with Crippen molar-refractivity contribution < 1.29 is 13.5 Å². The van der Waals surface area contributed by atoms with Crippen molar-refractivity contribution in [3.8, 4) is 5.88 Å². The van der Waals surface area contributed by atoms with Crippen LogP contribution in [0.4, 0.5) is 11.4 Å². The number of sulfonamides is 1. The summed E-state index contributed by atoms with van der Waals surface area (Å²) < 4.78 is 22.9. The third-order valence-electron chi connectivity index (χ3n) is 4.27. The highest BCUT2D eigenvalue weighted by Crippen LogP contribution is 2.37. The number of hydrogen-bond acceptors (Lipinski definition) is 5. The van der Waals surface area contributed by atoms with Gasteiger partial charge in [-0.25, -0.2) is 13.6 Å². The average molecular weight is 432 g/mol. The average Bonchev–Trinajstić information content (AvgIpc) is 2.93. The summed E-state index contributed by atoms with van der Waals surface area (Å²) in [4.78, 5) is 2.81. The molecule has 0 saturated carbocycles. The number of nitrogens with zero attached hydrogens (tertiary/aromatic N) is 2. The number of hydrogen-bond donors (Lipinski definition) is 4. The van der Waals surface area contributed by atoms with Crippen LogP contribution < -0.4 is 10.5 Å². The second-order valence-corrected chi connectivity index (χ2v) is 9.48. The molecule has 0 aliphatic rings. The monoisotopic (exact) mass is 431 g/mol. The van der Waals surface area contributed by atoms with Crippen molar-refractivity contribution in [2.24, 2.45) is 15.4 Å². The van der Waals surface area contributed by atoms with Crippen LogP contribution in [0.3, 0.4) is 0 Å². The fourth-order valence-corrected chi connectivity index (χ4v) is 3.44. The van der Waals surface area contributed by atoms with E-state index in [9.17, 15) is 13.5 Å². The molecule has 29 heavy (non-hydrogen) atoms. The number of H-pyrrole nitrogens is 1. The lowest BCUT2D eigenvalue weighted by atomic mass is 9.86. The van der Waals surface area contributed by atoms with Crippen LogP contribution >= 0.6 is 12.2 Å². The number of aromatic amines is 1. The molecule has 2 aromatic carbocycles. The van der Waals surface area contributed by atoms with Gasteiger partial charge in [-0.2, -0.15) is 0 Å². The van der Waals surface area contributed by atoms with Gasteiger partial charge in [0, 0.05) is 11.1 Å². The molecule has 0 saturated heterocycles. The third kappa shape index (κ3) is 4.78. The number of thiocarbonyl (C=S) groups is 1. The minimum atomic E-state index is -3.83. The van der Waals surface area contributed by atoms with Crippen LogP contribution in [0, 0.1) is 0 Å². The summed E-state index contributed by atoms with van der Waals surface area (Å²) in [5.74, 6) is -0.117. The second kappa shape index (κ2) is 7.54. The van der Waals surface area contributed by atoms with Crippen molar-refractivity contribution in [2.45, 2.75) is 31.1 Å². The van der Waals surface area contributed by atoms with Gasteiger partial charge in [0.2, 0.25) is 21.0 Å². The van der Waals surface area contributed by atoms with E-state index < -0.39 is 10.0 Å². The van der Waals surface area contributed by atoms with Crippen molar-refractivity contribution in [1.82, 2.24) is 4.98 Å². The van der Waals surface area contributed by atoms with Gasteiger partial charge in [-0.1, -0.05) is 32.9 Å². The number of rotatable bonds is 3. The molecule has 0 aliphatic carbocycles. The van der Waals surface area contributed by atoms with E-state index in [1.807, 2.05) is 18.2 Å². The SMILES string of the molecule is CC(C)(C)c1ccc2[nH]c(O)c(N=NC(=S)Nc3cccc(S(N)(=O)=O)c3)c2c1. The number of azo groups is 1. The van der Waals surface area contributed by atoms with Crippen molar-refractivity contribution in [3.05, 3.63) is 48.0 Å². The maximum atomic E-state index is 11.5. The molecular formula is C19H21N5O3S2. The zero-order chi connectivity index (χ0) is 21.4. The standard InChI is InChI=1S/C19H21N5O3S2/c1-19(2,3)11-7-8-15-14(9-11)16(17(25)22-15)23-24-18(28)21-12-5-4-6-13(10-12)29(20,26)27/h4-10,22,25H,1-3H3,(H,21,28)(H2,20,26,27). The van der Waals surface area contributed by atoms with E-state index in [0.717, 1.165) is 16.5 Å². The van der Waals surface area contributed by atoms with Gasteiger partial charge in [-0.15, -0.1) is 10.2 Å². The topological polar surface area (TPSA) is 133 Å². The fraction of sp³-hybridized carbons (Fsp3) is 0.211. The number of aromatic hydroxyl groups is 1. The summed E-state index contributed by atoms with van der Waals surface area (Å²) >= 11 is 5.15. The van der Waals surface area contributed by atoms with E-state index in [1.54, 1.807) is 6.07 Å². The van der Waals surface area contributed by atoms with E-state index in [-0.39, 0.29) is 27.0 Å².